The molecule has 4 aliphatic rings. The van der Waals surface area contributed by atoms with Crippen LogP contribution in [0.25, 0.3) is 0 Å². The van der Waals surface area contributed by atoms with Crippen LogP contribution in [0, 0.1) is 41.4 Å². The van der Waals surface area contributed by atoms with Crippen molar-refractivity contribution in [1.82, 2.24) is 10.4 Å². The van der Waals surface area contributed by atoms with Crippen LogP contribution in [0.3, 0.4) is 0 Å². The van der Waals surface area contributed by atoms with Gasteiger partial charge in [0.25, 0.3) is 5.91 Å². The molecule has 1 amide bonds. The molecule has 4 aliphatic carbocycles. The summed E-state index contributed by atoms with van der Waals surface area (Å²) in [6.07, 6.45) is 19.4. The van der Waals surface area contributed by atoms with E-state index < -0.39 is 5.60 Å². The molecule has 162 valence electrons. The number of terminal acetylenes is 1. The topological polar surface area (TPSA) is 74.6 Å². The molecule has 0 bridgehead atoms. The highest BCUT2D eigenvalue weighted by Gasteiger charge is 2.61. The Morgan fingerprint density at radius 2 is 2.00 bits per heavy atom. The molecule has 0 aliphatic heterocycles. The largest absolute Gasteiger partial charge is 0.377 e. The first-order valence-corrected chi connectivity index (χ1v) is 11.6. The summed E-state index contributed by atoms with van der Waals surface area (Å²) >= 11 is 0. The van der Waals surface area contributed by atoms with Crippen LogP contribution in [-0.2, 0) is 0 Å². The summed E-state index contributed by atoms with van der Waals surface area (Å²) in [4.78, 5) is 16.2. The third kappa shape index (κ3) is 3.24. The van der Waals surface area contributed by atoms with Crippen molar-refractivity contribution in [3.8, 4) is 12.3 Å². The fourth-order valence-corrected chi connectivity index (χ4v) is 7.23. The summed E-state index contributed by atoms with van der Waals surface area (Å²) in [7, 11) is 0. The maximum atomic E-state index is 12.3. The van der Waals surface area contributed by atoms with E-state index in [1.165, 1.54) is 12.0 Å². The number of allylic oxidation sites excluding steroid dienone is 2. The number of carbonyl (C=O) groups excluding carboxylic acids is 1. The molecule has 0 spiro atoms. The smallest absolute Gasteiger partial charge is 0.271 e. The first kappa shape index (κ1) is 20.5. The lowest BCUT2D eigenvalue weighted by atomic mass is 9.50. The van der Waals surface area contributed by atoms with Gasteiger partial charge in [-0.1, -0.05) is 18.4 Å². The van der Waals surface area contributed by atoms with Gasteiger partial charge in [0.1, 0.15) is 5.60 Å². The second-order valence-corrected chi connectivity index (χ2v) is 10.1. The van der Waals surface area contributed by atoms with Gasteiger partial charge in [0.05, 0.1) is 5.71 Å². The van der Waals surface area contributed by atoms with E-state index in [0.29, 0.717) is 29.2 Å². The highest BCUT2D eigenvalue weighted by Crippen LogP contribution is 2.64. The summed E-state index contributed by atoms with van der Waals surface area (Å²) in [6.45, 7) is 2.24. The standard InChI is InChI=1S/C26H31N3O2/c1-3-26(31)13-9-23-22-6-4-18-16-19(28-29-24(30)17-10-14-27-15-11-17)5-7-20(18)21(22)8-12-25(23,26)2/h1,10-11,14-16,20-23,31H,4-9,12-13H2,2H3,(H,29,30)/t20-,21+,22+,23-,25-,26-/m0/s1. The zero-order valence-corrected chi connectivity index (χ0v) is 18.2. The molecule has 6 atom stereocenters. The number of aromatic nitrogens is 1. The number of hydrazone groups is 1. The molecule has 5 heteroatoms. The minimum atomic E-state index is -0.932. The van der Waals surface area contributed by atoms with Crippen molar-refractivity contribution in [2.24, 2.45) is 34.2 Å². The fourth-order valence-electron chi connectivity index (χ4n) is 7.23. The summed E-state index contributed by atoms with van der Waals surface area (Å²) in [6, 6.07) is 3.38. The van der Waals surface area contributed by atoms with Crippen molar-refractivity contribution >= 4 is 11.6 Å². The normalized spacial score (nSPS) is 40.2. The molecule has 3 saturated carbocycles. The maximum absolute atomic E-state index is 12.3. The zero-order chi connectivity index (χ0) is 21.6. The van der Waals surface area contributed by atoms with Gasteiger partial charge in [0, 0.05) is 23.4 Å². The minimum Gasteiger partial charge on any atom is -0.377 e. The van der Waals surface area contributed by atoms with E-state index in [-0.39, 0.29) is 11.3 Å². The molecule has 0 saturated heterocycles. The Bertz CT molecular complexity index is 978. The summed E-state index contributed by atoms with van der Waals surface area (Å²) < 4.78 is 0. The van der Waals surface area contributed by atoms with Gasteiger partial charge in [-0.15, -0.1) is 6.42 Å². The number of pyridine rings is 1. The van der Waals surface area contributed by atoms with Crippen molar-refractivity contribution in [2.45, 2.75) is 63.9 Å². The quantitative estimate of drug-likeness (QED) is 0.562. The van der Waals surface area contributed by atoms with Crippen LogP contribution in [0.1, 0.15) is 68.6 Å². The Balaban J connectivity index is 1.30. The molecule has 31 heavy (non-hydrogen) atoms. The molecule has 2 N–H and O–H groups in total. The molecule has 1 aromatic rings. The Hall–Kier alpha value is -2.45. The van der Waals surface area contributed by atoms with Gasteiger partial charge in [0.15, 0.2) is 0 Å². The summed E-state index contributed by atoms with van der Waals surface area (Å²) in [5, 5.41) is 15.5. The summed E-state index contributed by atoms with van der Waals surface area (Å²) in [5.74, 6) is 5.05. The molecule has 3 fully saturated rings. The second kappa shape index (κ2) is 7.60. The van der Waals surface area contributed by atoms with E-state index in [2.05, 4.69) is 34.4 Å². The number of nitrogens with zero attached hydrogens (tertiary/aromatic N) is 2. The molecule has 0 aromatic carbocycles. The molecule has 1 aromatic heterocycles. The Morgan fingerprint density at radius 1 is 1.19 bits per heavy atom. The van der Waals surface area contributed by atoms with Crippen LogP contribution < -0.4 is 5.43 Å². The van der Waals surface area contributed by atoms with Gasteiger partial charge in [-0.3, -0.25) is 9.78 Å². The van der Waals surface area contributed by atoms with Crippen LogP contribution in [0.5, 0.6) is 0 Å². The number of fused-ring (bicyclic) bond motifs is 5. The van der Waals surface area contributed by atoms with Crippen molar-refractivity contribution in [3.63, 3.8) is 0 Å². The number of rotatable bonds is 2. The molecule has 5 nitrogen and oxygen atoms in total. The van der Waals surface area contributed by atoms with Crippen LogP contribution in [-0.4, -0.2) is 27.3 Å². The summed E-state index contributed by atoms with van der Waals surface area (Å²) in [5.41, 5.74) is 4.66. The zero-order valence-electron chi connectivity index (χ0n) is 18.2. The molecular weight excluding hydrogens is 386 g/mol. The molecular formula is C26H31N3O2. The highest BCUT2D eigenvalue weighted by atomic mass is 16.3. The second-order valence-electron chi connectivity index (χ2n) is 10.1. The number of nitrogens with one attached hydrogen (secondary N) is 1. The number of amides is 1. The molecule has 5 rings (SSSR count). The SMILES string of the molecule is C#C[C@]1(O)CC[C@H]2[C@@H]3CCC4=CC(=NNC(=O)c5ccncc5)CC[C@@H]4[C@H]3CC[C@@]21C. The third-order valence-electron chi connectivity index (χ3n) is 8.95. The Kier molecular flexibility index (Phi) is 5.01. The maximum Gasteiger partial charge on any atom is 0.271 e. The lowest BCUT2D eigenvalue weighted by molar-refractivity contribution is -0.0852. The molecule has 0 radical (unpaired) electrons. The van der Waals surface area contributed by atoms with Gasteiger partial charge in [-0.05, 0) is 93.2 Å². The number of hydrogen-bond donors (Lipinski definition) is 2. The average Bonchev–Trinajstić information content (AvgIpc) is 3.09. The van der Waals surface area contributed by atoms with Gasteiger partial charge in [-0.2, -0.15) is 5.10 Å². The van der Waals surface area contributed by atoms with Crippen molar-refractivity contribution in [2.75, 3.05) is 0 Å². The van der Waals surface area contributed by atoms with Crippen LogP contribution >= 0.6 is 0 Å². The molecule has 0 unspecified atom stereocenters. The van der Waals surface area contributed by atoms with Crippen molar-refractivity contribution in [1.29, 1.82) is 0 Å². The van der Waals surface area contributed by atoms with E-state index in [1.54, 1.807) is 24.5 Å². The van der Waals surface area contributed by atoms with Crippen LogP contribution in [0.2, 0.25) is 0 Å². The number of carbonyl (C=O) groups is 1. The monoisotopic (exact) mass is 417 g/mol. The van der Waals surface area contributed by atoms with Crippen molar-refractivity contribution in [3.05, 3.63) is 41.7 Å². The molecule has 1 heterocycles. The fraction of sp³-hybridized carbons (Fsp3) is 0.577. The lowest BCUT2D eigenvalue weighted by Gasteiger charge is -2.54. The first-order valence-electron chi connectivity index (χ1n) is 11.6. The van der Waals surface area contributed by atoms with Crippen LogP contribution in [0.4, 0.5) is 0 Å². The van der Waals surface area contributed by atoms with E-state index in [0.717, 1.165) is 50.7 Å². The Labute approximate surface area is 184 Å². The van der Waals surface area contributed by atoms with Crippen LogP contribution in [0.15, 0.2) is 41.3 Å². The van der Waals surface area contributed by atoms with Gasteiger partial charge in [0.2, 0.25) is 0 Å². The van der Waals surface area contributed by atoms with E-state index in [4.69, 9.17) is 6.42 Å². The van der Waals surface area contributed by atoms with Gasteiger partial charge in [-0.25, -0.2) is 5.43 Å². The first-order chi connectivity index (χ1) is 14.9. The predicted octanol–water partition coefficient (Wildman–Crippen LogP) is 4.10. The third-order valence-corrected chi connectivity index (χ3v) is 8.95. The predicted molar refractivity (Wildman–Crippen MR) is 120 cm³/mol. The van der Waals surface area contributed by atoms with E-state index in [1.807, 2.05) is 0 Å². The number of aliphatic hydroxyl groups is 1. The minimum absolute atomic E-state index is 0.136. The number of hydrogen-bond acceptors (Lipinski definition) is 4. The van der Waals surface area contributed by atoms with Crippen molar-refractivity contribution < 1.29 is 9.90 Å². The average molecular weight is 418 g/mol. The lowest BCUT2D eigenvalue weighted by Crippen LogP contribution is -2.52. The Morgan fingerprint density at radius 3 is 2.77 bits per heavy atom. The highest BCUT2D eigenvalue weighted by molar-refractivity contribution is 5.99. The van der Waals surface area contributed by atoms with E-state index >= 15 is 0 Å². The van der Waals surface area contributed by atoms with E-state index in [9.17, 15) is 9.90 Å². The van der Waals surface area contributed by atoms with Gasteiger partial charge >= 0.3 is 0 Å². The van der Waals surface area contributed by atoms with Gasteiger partial charge < -0.3 is 5.11 Å².